The predicted molar refractivity (Wildman–Crippen MR) is 66.8 cm³/mol. The molecule has 0 saturated heterocycles. The van der Waals surface area contributed by atoms with Gasteiger partial charge in [0.2, 0.25) is 0 Å². The number of nitrogens with one attached hydrogen (secondary N) is 1. The van der Waals surface area contributed by atoms with Gasteiger partial charge < -0.3 is 10.1 Å². The summed E-state index contributed by atoms with van der Waals surface area (Å²) in [6, 6.07) is 10.3. The predicted octanol–water partition coefficient (Wildman–Crippen LogP) is 1.89. The summed E-state index contributed by atoms with van der Waals surface area (Å²) in [5.41, 5.74) is 1.32. The van der Waals surface area contributed by atoms with Gasteiger partial charge in [0.1, 0.15) is 6.29 Å². The highest BCUT2D eigenvalue weighted by Crippen LogP contribution is 1.92. The Morgan fingerprint density at radius 3 is 1.93 bits per heavy atom. The van der Waals surface area contributed by atoms with Crippen LogP contribution in [0.2, 0.25) is 0 Å². The highest BCUT2D eigenvalue weighted by atomic mass is 31.0. The van der Waals surface area contributed by atoms with Crippen molar-refractivity contribution < 1.29 is 4.79 Å². The lowest BCUT2D eigenvalue weighted by atomic mass is 10.2. The largest absolute Gasteiger partial charge is 0.313 e. The van der Waals surface area contributed by atoms with Crippen molar-refractivity contribution in [3.8, 4) is 0 Å². The Kier molecular flexibility index (Phi) is 16.6. The third-order valence-electron chi connectivity index (χ3n) is 1.23. The van der Waals surface area contributed by atoms with Crippen LogP contribution in [0.5, 0.6) is 0 Å². The number of aldehydes is 1. The van der Waals surface area contributed by atoms with Crippen LogP contribution >= 0.6 is 9.24 Å². The second-order valence-corrected chi connectivity index (χ2v) is 2.38. The first kappa shape index (κ1) is 15.7. The number of aryl methyl sites for hydroxylation is 1. The first-order chi connectivity index (χ1) is 6.81. The highest BCUT2D eigenvalue weighted by molar-refractivity contribution is 7.15. The molecule has 1 unspecified atom stereocenters. The first-order valence-electron chi connectivity index (χ1n) is 4.49. The van der Waals surface area contributed by atoms with Crippen molar-refractivity contribution in [2.45, 2.75) is 6.92 Å². The van der Waals surface area contributed by atoms with Crippen LogP contribution in [0.1, 0.15) is 5.56 Å². The van der Waals surface area contributed by atoms with Gasteiger partial charge in [0, 0.05) is 0 Å². The molecular formula is C11H20NOP. The minimum absolute atomic E-state index is 0.458. The summed E-state index contributed by atoms with van der Waals surface area (Å²) in [4.78, 5) is 9.34. The van der Waals surface area contributed by atoms with Gasteiger partial charge in [-0.25, -0.2) is 0 Å². The van der Waals surface area contributed by atoms with Crippen LogP contribution < -0.4 is 5.32 Å². The van der Waals surface area contributed by atoms with E-state index in [1.54, 1.807) is 7.05 Å². The third-order valence-corrected chi connectivity index (χ3v) is 1.23. The first-order valence-corrected chi connectivity index (χ1v) is 5.64. The Morgan fingerprint density at radius 2 is 1.79 bits per heavy atom. The van der Waals surface area contributed by atoms with Crippen LogP contribution in [0, 0.1) is 6.92 Å². The van der Waals surface area contributed by atoms with E-state index in [1.807, 2.05) is 24.9 Å². The van der Waals surface area contributed by atoms with E-state index in [0.717, 1.165) is 6.29 Å². The van der Waals surface area contributed by atoms with Gasteiger partial charge in [-0.1, -0.05) is 42.6 Å². The molecular weight excluding hydrogens is 193 g/mol. The maximum Gasteiger partial charge on any atom is 0.133 e. The molecule has 0 bridgehead atoms. The number of carbonyl (C=O) groups excluding carboxylic acids is 1. The molecule has 0 spiro atoms. The summed E-state index contributed by atoms with van der Waals surface area (Å²) in [5.74, 6) is 0. The van der Waals surface area contributed by atoms with Gasteiger partial charge in [-0.3, -0.25) is 0 Å². The zero-order chi connectivity index (χ0) is 11.2. The minimum atomic E-state index is 0.458. The fourth-order valence-electron chi connectivity index (χ4n) is 0.618. The maximum absolute atomic E-state index is 9.34. The van der Waals surface area contributed by atoms with Crippen LogP contribution in [-0.2, 0) is 4.79 Å². The Labute approximate surface area is 89.3 Å². The quantitative estimate of drug-likeness (QED) is 0.600. The SMILES string of the molecule is CNCC=O.CP.Cc1ccccc1. The average molecular weight is 213 g/mol. The molecule has 0 fully saturated rings. The van der Waals surface area contributed by atoms with Crippen molar-refractivity contribution in [2.24, 2.45) is 0 Å². The van der Waals surface area contributed by atoms with E-state index in [4.69, 9.17) is 0 Å². The van der Waals surface area contributed by atoms with Gasteiger partial charge in [0.05, 0.1) is 6.54 Å². The molecule has 0 aliphatic rings. The zero-order valence-corrected chi connectivity index (χ0v) is 10.3. The smallest absolute Gasteiger partial charge is 0.133 e. The van der Waals surface area contributed by atoms with E-state index in [9.17, 15) is 4.79 Å². The van der Waals surface area contributed by atoms with Crippen LogP contribution in [0.15, 0.2) is 30.3 Å². The van der Waals surface area contributed by atoms with Crippen molar-refractivity contribution in [3.63, 3.8) is 0 Å². The van der Waals surface area contributed by atoms with E-state index < -0.39 is 0 Å². The lowest BCUT2D eigenvalue weighted by Gasteiger charge is -1.82. The molecule has 0 saturated carbocycles. The topological polar surface area (TPSA) is 29.1 Å². The second-order valence-electron chi connectivity index (χ2n) is 2.38. The molecule has 2 nitrogen and oxygen atoms in total. The van der Waals surface area contributed by atoms with Gasteiger partial charge in [0.15, 0.2) is 0 Å². The summed E-state index contributed by atoms with van der Waals surface area (Å²) in [5, 5.41) is 2.65. The standard InChI is InChI=1S/C7H8.C3H7NO.CH5P/c1-7-5-3-2-4-6-7;1-4-2-3-5;1-2/h2-6H,1H3;3-4H,2H2,1H3;2H2,1H3. The van der Waals surface area contributed by atoms with Crippen molar-refractivity contribution in [1.29, 1.82) is 0 Å². The fraction of sp³-hybridized carbons (Fsp3) is 0.364. The zero-order valence-electron chi connectivity index (χ0n) is 9.16. The van der Waals surface area contributed by atoms with E-state index in [1.165, 1.54) is 5.56 Å². The number of carbonyl (C=O) groups is 1. The monoisotopic (exact) mass is 213 g/mol. The minimum Gasteiger partial charge on any atom is -0.313 e. The number of likely N-dealkylation sites (N-methyl/N-ethyl adjacent to an activating group) is 1. The molecule has 0 radical (unpaired) electrons. The molecule has 3 heteroatoms. The van der Waals surface area contributed by atoms with Gasteiger partial charge in [-0.2, -0.15) is 0 Å². The summed E-state index contributed by atoms with van der Waals surface area (Å²) >= 11 is 0. The summed E-state index contributed by atoms with van der Waals surface area (Å²) in [6.07, 6.45) is 0.819. The Morgan fingerprint density at radius 1 is 1.29 bits per heavy atom. The van der Waals surface area contributed by atoms with E-state index in [-0.39, 0.29) is 0 Å². The van der Waals surface area contributed by atoms with Crippen LogP contribution in [0.3, 0.4) is 0 Å². The van der Waals surface area contributed by atoms with Crippen molar-refractivity contribution in [2.75, 3.05) is 20.3 Å². The van der Waals surface area contributed by atoms with Gasteiger partial charge in [-0.05, 0) is 14.0 Å². The molecule has 1 aromatic carbocycles. The molecule has 0 heterocycles. The van der Waals surface area contributed by atoms with Crippen molar-refractivity contribution >= 4 is 15.5 Å². The summed E-state index contributed by atoms with van der Waals surface area (Å²) in [7, 11) is 4.15. The number of rotatable bonds is 2. The van der Waals surface area contributed by atoms with E-state index >= 15 is 0 Å². The molecule has 0 aliphatic heterocycles. The third kappa shape index (κ3) is 13.8. The van der Waals surface area contributed by atoms with E-state index in [2.05, 4.69) is 33.6 Å². The summed E-state index contributed by atoms with van der Waals surface area (Å²) in [6.45, 7) is 4.46. The Hall–Kier alpha value is -0.720. The lowest BCUT2D eigenvalue weighted by molar-refractivity contribution is -0.107. The summed E-state index contributed by atoms with van der Waals surface area (Å²) < 4.78 is 0. The normalized spacial score (nSPS) is 7.43. The van der Waals surface area contributed by atoms with Gasteiger partial charge in [-0.15, -0.1) is 9.24 Å². The molecule has 1 atom stereocenters. The molecule has 1 rings (SSSR count). The van der Waals surface area contributed by atoms with Crippen LogP contribution in [-0.4, -0.2) is 26.5 Å². The highest BCUT2D eigenvalue weighted by Gasteiger charge is 1.72. The molecule has 0 amide bonds. The molecule has 0 aromatic heterocycles. The Balaban J connectivity index is 0. The van der Waals surface area contributed by atoms with Crippen molar-refractivity contribution in [1.82, 2.24) is 5.32 Å². The molecule has 14 heavy (non-hydrogen) atoms. The molecule has 80 valence electrons. The molecule has 0 aliphatic carbocycles. The second kappa shape index (κ2) is 14.8. The molecule has 1 aromatic rings. The molecule has 1 N–H and O–H groups in total. The van der Waals surface area contributed by atoms with E-state index in [0.29, 0.717) is 6.54 Å². The van der Waals surface area contributed by atoms with Crippen LogP contribution in [0.4, 0.5) is 0 Å². The Bertz CT molecular complexity index is 202. The lowest BCUT2D eigenvalue weighted by Crippen LogP contribution is -2.07. The fourth-order valence-corrected chi connectivity index (χ4v) is 0.618. The van der Waals surface area contributed by atoms with Gasteiger partial charge in [0.25, 0.3) is 0 Å². The van der Waals surface area contributed by atoms with Crippen LogP contribution in [0.25, 0.3) is 0 Å². The maximum atomic E-state index is 9.34. The number of hydrogen-bond acceptors (Lipinski definition) is 2. The van der Waals surface area contributed by atoms with Crippen molar-refractivity contribution in [3.05, 3.63) is 35.9 Å². The number of hydrogen-bond donors (Lipinski definition) is 1. The van der Waals surface area contributed by atoms with Gasteiger partial charge >= 0.3 is 0 Å². The average Bonchev–Trinajstić information content (AvgIpc) is 2.24. The number of benzene rings is 1.